The Kier molecular flexibility index (Phi) is 13.8. The summed E-state index contributed by atoms with van der Waals surface area (Å²) >= 11 is 0. The van der Waals surface area contributed by atoms with Gasteiger partial charge in [0.25, 0.3) is 0 Å². The van der Waals surface area contributed by atoms with E-state index in [9.17, 15) is 0 Å². The number of allylic oxidation sites excluding steroid dienone is 4. The average molecular weight is 477 g/mol. The number of aliphatic hydroxyl groups excluding tert-OH is 1. The van der Waals surface area contributed by atoms with Crippen LogP contribution in [0.2, 0.25) is 16.6 Å². The molecule has 0 aromatic heterocycles. The van der Waals surface area contributed by atoms with Gasteiger partial charge in [-0.3, -0.25) is 0 Å². The van der Waals surface area contributed by atoms with Crippen LogP contribution >= 0.6 is 0 Å². The van der Waals surface area contributed by atoms with Crippen LogP contribution < -0.4 is 0 Å². The van der Waals surface area contributed by atoms with Gasteiger partial charge >= 0.3 is 0 Å². The Labute approximate surface area is 206 Å². The summed E-state index contributed by atoms with van der Waals surface area (Å²) in [5.74, 6) is 0. The molecule has 1 aliphatic heterocycles. The minimum atomic E-state index is -1.86. The predicted molar refractivity (Wildman–Crippen MR) is 146 cm³/mol. The third-order valence-corrected chi connectivity index (χ3v) is 13.3. The summed E-state index contributed by atoms with van der Waals surface area (Å²) < 4.78 is 12.9. The first-order chi connectivity index (χ1) is 15.5. The maximum Gasteiger partial charge on any atom is 0.200 e. The van der Waals surface area contributed by atoms with Gasteiger partial charge in [0.2, 0.25) is 8.32 Å². The number of hydrogen-bond acceptors (Lipinski definition) is 3. The fraction of sp³-hybridized carbons (Fsp3) is 0.724. The van der Waals surface area contributed by atoms with E-state index in [0.29, 0.717) is 23.2 Å². The van der Waals surface area contributed by atoms with Crippen molar-refractivity contribution in [1.82, 2.24) is 0 Å². The minimum Gasteiger partial charge on any atom is -0.412 e. The molecule has 4 heteroatoms. The molecule has 1 atom stereocenters. The number of aliphatic hydroxyl groups is 1. The van der Waals surface area contributed by atoms with Crippen LogP contribution in [0.4, 0.5) is 0 Å². The maximum absolute atomic E-state index is 9.05. The quantitative estimate of drug-likeness (QED) is 0.156. The molecule has 1 heterocycles. The van der Waals surface area contributed by atoms with Crippen LogP contribution in [-0.2, 0) is 9.16 Å². The summed E-state index contributed by atoms with van der Waals surface area (Å²) in [5, 5.41) is 9.05. The lowest BCUT2D eigenvalue weighted by Gasteiger charge is -2.42. The highest BCUT2D eigenvalue weighted by Crippen LogP contribution is 2.42. The van der Waals surface area contributed by atoms with Crippen molar-refractivity contribution in [2.24, 2.45) is 0 Å². The van der Waals surface area contributed by atoms with Crippen LogP contribution in [0.5, 0.6) is 0 Å². The standard InChI is InChI=1S/C29H52O3Si/c1-22(2)33(23(3)4,24(5)6)32-20-27(9)29-18-17-28(21-31-29)16-11-10-13-25(7)14-12-15-26(8)19-30/h13,15-16,22-24,29-30H,9-12,14,17-21H2,1-8H3/b25-13+,26-15+,28-16+. The van der Waals surface area contributed by atoms with Crippen molar-refractivity contribution in [2.45, 2.75) is 117 Å². The van der Waals surface area contributed by atoms with Crippen LogP contribution in [0.1, 0.15) is 93.9 Å². The van der Waals surface area contributed by atoms with Crippen LogP contribution in [0, 0.1) is 0 Å². The molecule has 1 aliphatic rings. The number of hydrogen-bond donors (Lipinski definition) is 1. The first-order valence-corrected chi connectivity index (χ1v) is 15.2. The summed E-state index contributed by atoms with van der Waals surface area (Å²) in [6, 6.07) is 0. The molecule has 1 saturated heterocycles. The molecule has 33 heavy (non-hydrogen) atoms. The molecule has 0 amide bonds. The zero-order valence-electron chi connectivity index (χ0n) is 22.9. The lowest BCUT2D eigenvalue weighted by molar-refractivity contribution is 0.0603. The Balaban J connectivity index is 2.45. The summed E-state index contributed by atoms with van der Waals surface area (Å²) in [5.41, 5.74) is 6.77. The average Bonchev–Trinajstić information content (AvgIpc) is 2.76. The summed E-state index contributed by atoms with van der Waals surface area (Å²) in [6.07, 6.45) is 13.3. The predicted octanol–water partition coefficient (Wildman–Crippen LogP) is 8.29. The molecule has 0 aliphatic carbocycles. The van der Waals surface area contributed by atoms with E-state index in [1.54, 1.807) is 0 Å². The van der Waals surface area contributed by atoms with E-state index in [4.69, 9.17) is 14.3 Å². The lowest BCUT2D eigenvalue weighted by atomic mass is 9.98. The summed E-state index contributed by atoms with van der Waals surface area (Å²) in [7, 11) is -1.86. The molecular weight excluding hydrogens is 424 g/mol. The monoisotopic (exact) mass is 476 g/mol. The van der Waals surface area contributed by atoms with Crippen molar-refractivity contribution in [1.29, 1.82) is 0 Å². The fourth-order valence-electron chi connectivity index (χ4n) is 5.30. The molecule has 0 bridgehead atoms. The highest BCUT2D eigenvalue weighted by molar-refractivity contribution is 6.77. The van der Waals surface area contributed by atoms with Gasteiger partial charge in [-0.25, -0.2) is 0 Å². The topological polar surface area (TPSA) is 38.7 Å². The molecular formula is C29H52O3Si. The van der Waals surface area contributed by atoms with Gasteiger partial charge in [-0.05, 0) is 80.1 Å². The van der Waals surface area contributed by atoms with Gasteiger partial charge < -0.3 is 14.3 Å². The van der Waals surface area contributed by atoms with Gasteiger partial charge in [0.05, 0.1) is 25.9 Å². The molecule has 1 N–H and O–H groups in total. The van der Waals surface area contributed by atoms with Gasteiger partial charge in [0.1, 0.15) is 0 Å². The van der Waals surface area contributed by atoms with Gasteiger partial charge in [0.15, 0.2) is 0 Å². The van der Waals surface area contributed by atoms with Crippen LogP contribution in [0.25, 0.3) is 0 Å². The fourth-order valence-corrected chi connectivity index (χ4v) is 10.7. The minimum absolute atomic E-state index is 0.123. The molecule has 0 aromatic carbocycles. The lowest BCUT2D eigenvalue weighted by Crippen LogP contribution is -2.48. The van der Waals surface area contributed by atoms with Crippen LogP contribution in [0.15, 0.2) is 47.1 Å². The number of ether oxygens (including phenoxy) is 1. The van der Waals surface area contributed by atoms with E-state index < -0.39 is 8.32 Å². The van der Waals surface area contributed by atoms with Crippen molar-refractivity contribution in [3.05, 3.63) is 47.1 Å². The molecule has 1 unspecified atom stereocenters. The van der Waals surface area contributed by atoms with Gasteiger partial charge in [-0.2, -0.15) is 0 Å². The molecule has 0 radical (unpaired) electrons. The van der Waals surface area contributed by atoms with E-state index in [2.05, 4.69) is 73.3 Å². The second-order valence-electron chi connectivity index (χ2n) is 10.8. The Morgan fingerprint density at radius 2 is 1.64 bits per heavy atom. The smallest absolute Gasteiger partial charge is 0.200 e. The third-order valence-electron chi connectivity index (χ3n) is 7.24. The van der Waals surface area contributed by atoms with Crippen molar-refractivity contribution in [2.75, 3.05) is 19.8 Å². The maximum atomic E-state index is 9.05. The summed E-state index contributed by atoms with van der Waals surface area (Å²) in [6.45, 7) is 24.0. The van der Waals surface area contributed by atoms with Crippen molar-refractivity contribution in [3.8, 4) is 0 Å². The van der Waals surface area contributed by atoms with Crippen LogP contribution in [0.3, 0.4) is 0 Å². The molecule has 0 spiro atoms. The van der Waals surface area contributed by atoms with Crippen molar-refractivity contribution < 1.29 is 14.3 Å². The van der Waals surface area contributed by atoms with E-state index in [-0.39, 0.29) is 12.7 Å². The van der Waals surface area contributed by atoms with E-state index in [1.165, 1.54) is 11.1 Å². The Bertz CT molecular complexity index is 653. The Morgan fingerprint density at radius 1 is 1.03 bits per heavy atom. The third kappa shape index (κ3) is 9.68. The molecule has 3 nitrogen and oxygen atoms in total. The summed E-state index contributed by atoms with van der Waals surface area (Å²) in [4.78, 5) is 0. The molecule has 0 aromatic rings. The molecule has 190 valence electrons. The van der Waals surface area contributed by atoms with E-state index >= 15 is 0 Å². The molecule has 1 fully saturated rings. The second kappa shape index (κ2) is 15.1. The van der Waals surface area contributed by atoms with Crippen molar-refractivity contribution in [3.63, 3.8) is 0 Å². The molecule has 0 saturated carbocycles. The number of rotatable bonds is 14. The normalized spacial score (nSPS) is 19.9. The molecule has 1 rings (SSSR count). The van der Waals surface area contributed by atoms with Gasteiger partial charge in [-0.1, -0.05) is 77.5 Å². The van der Waals surface area contributed by atoms with Gasteiger partial charge in [-0.15, -0.1) is 0 Å². The van der Waals surface area contributed by atoms with Crippen molar-refractivity contribution >= 4 is 8.32 Å². The van der Waals surface area contributed by atoms with Crippen LogP contribution in [-0.4, -0.2) is 39.3 Å². The SMILES string of the molecule is C=C(CO[Si](C(C)C)(C(C)C)C(C)C)C1CC/C(=C\CC/C=C(\C)CC/C=C(\C)CO)CO1. The Morgan fingerprint density at radius 3 is 2.15 bits per heavy atom. The zero-order chi connectivity index (χ0) is 25.0. The zero-order valence-corrected chi connectivity index (χ0v) is 23.9. The first-order valence-electron chi connectivity index (χ1n) is 13.1. The second-order valence-corrected chi connectivity index (χ2v) is 16.3. The van der Waals surface area contributed by atoms with Gasteiger partial charge in [0, 0.05) is 0 Å². The van der Waals surface area contributed by atoms with E-state index in [1.807, 2.05) is 6.92 Å². The first kappa shape index (κ1) is 30.1. The Hall–Kier alpha value is -0.943. The number of unbranched alkanes of at least 4 members (excludes halogenated alkanes) is 1. The highest BCUT2D eigenvalue weighted by Gasteiger charge is 2.45. The highest BCUT2D eigenvalue weighted by atomic mass is 28.4. The largest absolute Gasteiger partial charge is 0.412 e. The van der Waals surface area contributed by atoms with E-state index in [0.717, 1.165) is 56.3 Å².